The lowest BCUT2D eigenvalue weighted by molar-refractivity contribution is -0.139. The minimum atomic E-state index is -0.956. The van der Waals surface area contributed by atoms with Crippen LogP contribution in [0.5, 0.6) is 0 Å². The number of carbonyl (C=O) groups excluding carboxylic acids is 3. The van der Waals surface area contributed by atoms with Gasteiger partial charge in [0, 0.05) is 11.4 Å². The molecule has 0 spiro atoms. The Morgan fingerprint density at radius 1 is 1.03 bits per heavy atom. The van der Waals surface area contributed by atoms with Gasteiger partial charge < -0.3 is 20.5 Å². The fraction of sp³-hybridized carbons (Fsp3) is 0.286. The molecule has 1 fully saturated rings. The third-order valence-corrected chi connectivity index (χ3v) is 6.56. The van der Waals surface area contributed by atoms with E-state index in [1.165, 1.54) is 19.1 Å². The van der Waals surface area contributed by atoms with Crippen LogP contribution in [0.4, 0.5) is 11.4 Å². The molecule has 2 heterocycles. The minimum Gasteiger partial charge on any atom is -0.466 e. The number of esters is 2. The van der Waals surface area contributed by atoms with Crippen molar-refractivity contribution in [1.82, 2.24) is 4.90 Å². The number of benzene rings is 2. The smallest absolute Gasteiger partial charge is 0.355 e. The Kier molecular flexibility index (Phi) is 8.09. The number of amides is 1. The van der Waals surface area contributed by atoms with Crippen molar-refractivity contribution in [1.29, 1.82) is 5.26 Å². The number of likely N-dealkylation sites (tertiary alicyclic amines) is 1. The third kappa shape index (κ3) is 5.23. The molecule has 38 heavy (non-hydrogen) atoms. The van der Waals surface area contributed by atoms with Gasteiger partial charge in [0.25, 0.3) is 0 Å². The van der Waals surface area contributed by atoms with Crippen LogP contribution in [-0.4, -0.2) is 56.6 Å². The first kappa shape index (κ1) is 26.4. The zero-order chi connectivity index (χ0) is 27.2. The van der Waals surface area contributed by atoms with Gasteiger partial charge in [-0.3, -0.25) is 14.6 Å². The molecule has 2 aliphatic rings. The number of nitrogens with one attached hydrogen (secondary N) is 1. The van der Waals surface area contributed by atoms with Crippen molar-refractivity contribution >= 4 is 29.2 Å². The van der Waals surface area contributed by atoms with Crippen molar-refractivity contribution in [2.45, 2.75) is 18.8 Å². The molecule has 0 radical (unpaired) electrons. The number of nitriles is 1. The number of hydrogen-bond donors (Lipinski definition) is 2. The summed E-state index contributed by atoms with van der Waals surface area (Å²) in [5.74, 6) is -2.82. The molecule has 4 rings (SSSR count). The van der Waals surface area contributed by atoms with Crippen LogP contribution in [0.1, 0.15) is 24.3 Å². The summed E-state index contributed by atoms with van der Waals surface area (Å²) in [6.45, 7) is 2.03. The van der Waals surface area contributed by atoms with Crippen LogP contribution < -0.4 is 16.0 Å². The zero-order valence-electron chi connectivity index (χ0n) is 21.3. The Labute approximate surface area is 220 Å². The summed E-state index contributed by atoms with van der Waals surface area (Å²) in [5.41, 5.74) is 7.73. The molecular formula is C28H29N5O5. The maximum Gasteiger partial charge on any atom is 0.355 e. The molecule has 0 aromatic heterocycles. The van der Waals surface area contributed by atoms with Gasteiger partial charge in [0.2, 0.25) is 5.91 Å². The molecule has 1 atom stereocenters. The maximum atomic E-state index is 13.2. The average molecular weight is 516 g/mol. The summed E-state index contributed by atoms with van der Waals surface area (Å²) >= 11 is 0. The number of anilines is 2. The molecule has 0 bridgehead atoms. The summed E-state index contributed by atoms with van der Waals surface area (Å²) in [6, 6.07) is 17.5. The standard InChI is InChI=1S/C28H29N5O5/c1-37-27(35)24-23(18-9-4-3-5-10-18)21(16-29)26(30)33(25(24)28(36)38-2)20-12-8-11-19(15-20)31-22(34)17-32-13-6-7-14-32/h3-5,8-12,15,23H,6-7,13-14,17,30H2,1-2H3,(H,31,34). The molecule has 3 N–H and O–H groups in total. The Bertz CT molecular complexity index is 1340. The van der Waals surface area contributed by atoms with E-state index in [1.807, 2.05) is 0 Å². The lowest BCUT2D eigenvalue weighted by atomic mass is 9.81. The molecule has 196 valence electrons. The average Bonchev–Trinajstić information content (AvgIpc) is 3.44. The quantitative estimate of drug-likeness (QED) is 0.533. The Morgan fingerprint density at radius 3 is 2.34 bits per heavy atom. The summed E-state index contributed by atoms with van der Waals surface area (Å²) in [5, 5.41) is 13.0. The highest BCUT2D eigenvalue weighted by molar-refractivity contribution is 6.06. The van der Waals surface area contributed by atoms with Gasteiger partial charge in [-0.25, -0.2) is 9.59 Å². The molecule has 0 saturated carbocycles. The minimum absolute atomic E-state index is 0.0463. The van der Waals surface area contributed by atoms with Gasteiger partial charge >= 0.3 is 11.9 Å². The number of nitrogens with zero attached hydrogens (tertiary/aromatic N) is 3. The summed E-state index contributed by atoms with van der Waals surface area (Å²) in [4.78, 5) is 42.3. The van der Waals surface area contributed by atoms with E-state index in [2.05, 4.69) is 16.3 Å². The number of hydrogen-bond acceptors (Lipinski definition) is 9. The van der Waals surface area contributed by atoms with E-state index < -0.39 is 17.9 Å². The second kappa shape index (κ2) is 11.6. The molecule has 2 aromatic carbocycles. The van der Waals surface area contributed by atoms with Gasteiger partial charge in [-0.2, -0.15) is 5.26 Å². The van der Waals surface area contributed by atoms with Crippen LogP contribution in [-0.2, 0) is 23.9 Å². The summed E-state index contributed by atoms with van der Waals surface area (Å²) in [7, 11) is 2.38. The topological polar surface area (TPSA) is 138 Å². The molecule has 1 saturated heterocycles. The van der Waals surface area contributed by atoms with Gasteiger partial charge in [-0.1, -0.05) is 36.4 Å². The molecule has 0 aliphatic carbocycles. The predicted molar refractivity (Wildman–Crippen MR) is 140 cm³/mol. The molecule has 10 nitrogen and oxygen atoms in total. The van der Waals surface area contributed by atoms with Crippen molar-refractivity contribution in [3.8, 4) is 6.07 Å². The van der Waals surface area contributed by atoms with E-state index >= 15 is 0 Å². The van der Waals surface area contributed by atoms with Gasteiger partial charge in [0.05, 0.1) is 43.9 Å². The Hall–Kier alpha value is -4.62. The highest BCUT2D eigenvalue weighted by Gasteiger charge is 2.43. The molecule has 1 unspecified atom stereocenters. The molecule has 2 aliphatic heterocycles. The van der Waals surface area contributed by atoms with Crippen LogP contribution in [0.3, 0.4) is 0 Å². The summed E-state index contributed by atoms with van der Waals surface area (Å²) < 4.78 is 10.1. The second-order valence-electron chi connectivity index (χ2n) is 8.92. The van der Waals surface area contributed by atoms with Crippen LogP contribution in [0.15, 0.2) is 77.3 Å². The SMILES string of the molecule is COC(=O)C1=C(C(=O)OC)N(c2cccc(NC(=O)CN3CCCC3)c2)C(N)=C(C#N)C1c1ccccc1. The fourth-order valence-electron chi connectivity index (χ4n) is 4.85. The van der Waals surface area contributed by atoms with Crippen LogP contribution in [0.25, 0.3) is 0 Å². The lowest BCUT2D eigenvalue weighted by Gasteiger charge is -2.36. The third-order valence-electron chi connectivity index (χ3n) is 6.56. The van der Waals surface area contributed by atoms with Crippen LogP contribution in [0, 0.1) is 11.3 Å². The van der Waals surface area contributed by atoms with Crippen LogP contribution >= 0.6 is 0 Å². The van der Waals surface area contributed by atoms with Crippen molar-refractivity contribution in [3.63, 3.8) is 0 Å². The lowest BCUT2D eigenvalue weighted by Crippen LogP contribution is -2.40. The Morgan fingerprint density at radius 2 is 1.71 bits per heavy atom. The van der Waals surface area contributed by atoms with Crippen molar-refractivity contribution < 1.29 is 23.9 Å². The van der Waals surface area contributed by atoms with E-state index in [0.717, 1.165) is 25.9 Å². The number of ether oxygens (including phenoxy) is 2. The van der Waals surface area contributed by atoms with E-state index in [4.69, 9.17) is 15.2 Å². The van der Waals surface area contributed by atoms with Gasteiger partial charge in [0.1, 0.15) is 11.5 Å². The van der Waals surface area contributed by atoms with E-state index in [1.54, 1.807) is 54.6 Å². The number of allylic oxidation sites excluding steroid dienone is 1. The fourth-order valence-corrected chi connectivity index (χ4v) is 4.85. The van der Waals surface area contributed by atoms with Gasteiger partial charge in [-0.05, 0) is 49.7 Å². The maximum absolute atomic E-state index is 13.2. The number of nitrogens with two attached hydrogens (primary N) is 1. The normalized spacial score (nSPS) is 17.7. The first-order valence-electron chi connectivity index (χ1n) is 12.2. The van der Waals surface area contributed by atoms with Crippen LogP contribution in [0.2, 0.25) is 0 Å². The predicted octanol–water partition coefficient (Wildman–Crippen LogP) is 2.62. The van der Waals surface area contributed by atoms with Gasteiger partial charge in [0.15, 0.2) is 0 Å². The summed E-state index contributed by atoms with van der Waals surface area (Å²) in [6.07, 6.45) is 2.14. The molecular weight excluding hydrogens is 486 g/mol. The van der Waals surface area contributed by atoms with E-state index in [-0.39, 0.29) is 35.1 Å². The van der Waals surface area contributed by atoms with Crippen molar-refractivity contribution in [2.75, 3.05) is 44.1 Å². The second-order valence-corrected chi connectivity index (χ2v) is 8.92. The van der Waals surface area contributed by atoms with Gasteiger partial charge in [-0.15, -0.1) is 0 Å². The molecule has 10 heteroatoms. The first-order chi connectivity index (χ1) is 18.4. The van der Waals surface area contributed by atoms with Crippen molar-refractivity contribution in [2.24, 2.45) is 5.73 Å². The first-order valence-corrected chi connectivity index (χ1v) is 12.2. The zero-order valence-corrected chi connectivity index (χ0v) is 21.3. The number of rotatable bonds is 7. The van der Waals surface area contributed by atoms with E-state index in [0.29, 0.717) is 16.9 Å². The highest BCUT2D eigenvalue weighted by atomic mass is 16.5. The molecule has 1 amide bonds. The monoisotopic (exact) mass is 515 g/mol. The largest absolute Gasteiger partial charge is 0.466 e. The Balaban J connectivity index is 1.82. The van der Waals surface area contributed by atoms with Crippen molar-refractivity contribution in [3.05, 3.63) is 82.8 Å². The highest BCUT2D eigenvalue weighted by Crippen LogP contribution is 2.43. The van der Waals surface area contributed by atoms with E-state index in [9.17, 15) is 19.6 Å². The number of carbonyl (C=O) groups is 3. The molecule has 2 aromatic rings. The number of methoxy groups -OCH3 is 2.